The number of ether oxygens (including phenoxy) is 1. The summed E-state index contributed by atoms with van der Waals surface area (Å²) in [7, 11) is -2.39. The van der Waals surface area contributed by atoms with Gasteiger partial charge in [0.1, 0.15) is 0 Å². The van der Waals surface area contributed by atoms with Crippen LogP contribution >= 0.6 is 0 Å². The van der Waals surface area contributed by atoms with Gasteiger partial charge in [0, 0.05) is 13.7 Å². The lowest BCUT2D eigenvalue weighted by molar-refractivity contribution is 0.0556. The van der Waals surface area contributed by atoms with Crippen molar-refractivity contribution in [2.24, 2.45) is 0 Å². The highest BCUT2D eigenvalue weighted by molar-refractivity contribution is 7.92. The van der Waals surface area contributed by atoms with E-state index in [4.69, 9.17) is 4.74 Å². The van der Waals surface area contributed by atoms with Gasteiger partial charge in [0.2, 0.25) is 9.84 Å². The van der Waals surface area contributed by atoms with E-state index in [2.05, 4.69) is 10.9 Å². The highest BCUT2D eigenvalue weighted by Crippen LogP contribution is 2.28. The minimum atomic E-state index is -3.76. The first kappa shape index (κ1) is 15.9. The number of hydrazine groups is 1. The fraction of sp³-hybridized carbons (Fsp3) is 0.176. The second-order valence-electron chi connectivity index (χ2n) is 5.17. The van der Waals surface area contributed by atoms with Crippen LogP contribution in [0.5, 0.6) is 0 Å². The summed E-state index contributed by atoms with van der Waals surface area (Å²) in [5.41, 5.74) is 7.52. The second-order valence-corrected chi connectivity index (χ2v) is 7.26. The molecule has 5 nitrogen and oxygen atoms in total. The Labute approximate surface area is 135 Å². The number of benzene rings is 2. The van der Waals surface area contributed by atoms with E-state index in [0.717, 1.165) is 11.1 Å². The van der Waals surface area contributed by atoms with Crippen molar-refractivity contribution >= 4 is 9.84 Å². The average Bonchev–Trinajstić information content (AvgIpc) is 2.63. The first-order valence-electron chi connectivity index (χ1n) is 7.22. The summed E-state index contributed by atoms with van der Waals surface area (Å²) in [6.07, 6.45) is 3.24. The highest BCUT2D eigenvalue weighted by atomic mass is 32.2. The van der Waals surface area contributed by atoms with E-state index in [9.17, 15) is 8.42 Å². The van der Waals surface area contributed by atoms with Gasteiger partial charge in [0.25, 0.3) is 5.06 Å². The molecule has 1 atom stereocenters. The Kier molecular flexibility index (Phi) is 4.32. The monoisotopic (exact) mass is 330 g/mol. The van der Waals surface area contributed by atoms with Gasteiger partial charge < -0.3 is 4.74 Å². The third-order valence-electron chi connectivity index (χ3n) is 3.79. The Morgan fingerprint density at radius 2 is 1.65 bits per heavy atom. The van der Waals surface area contributed by atoms with Crippen LogP contribution in [0.2, 0.25) is 0 Å². The number of nitrogens with one attached hydrogen (secondary N) is 2. The fourth-order valence-electron chi connectivity index (χ4n) is 2.51. The van der Waals surface area contributed by atoms with Gasteiger partial charge in [-0.1, -0.05) is 48.5 Å². The van der Waals surface area contributed by atoms with Gasteiger partial charge in [0.05, 0.1) is 4.90 Å². The van der Waals surface area contributed by atoms with Crippen LogP contribution in [0.25, 0.3) is 11.1 Å². The summed E-state index contributed by atoms with van der Waals surface area (Å²) < 4.78 is 31.1. The second kappa shape index (κ2) is 6.25. The minimum Gasteiger partial charge on any atom is -0.346 e. The van der Waals surface area contributed by atoms with Gasteiger partial charge in [-0.3, -0.25) is 5.43 Å². The van der Waals surface area contributed by atoms with Crippen molar-refractivity contribution in [3.05, 3.63) is 66.7 Å². The zero-order valence-corrected chi connectivity index (χ0v) is 13.5. The number of sulfone groups is 1. The van der Waals surface area contributed by atoms with E-state index in [1.807, 2.05) is 30.3 Å². The van der Waals surface area contributed by atoms with E-state index < -0.39 is 14.9 Å². The molecule has 120 valence electrons. The minimum absolute atomic E-state index is 0.194. The van der Waals surface area contributed by atoms with Crippen molar-refractivity contribution in [1.82, 2.24) is 10.9 Å². The molecular weight excluding hydrogens is 312 g/mol. The van der Waals surface area contributed by atoms with Gasteiger partial charge in [0.15, 0.2) is 0 Å². The molecule has 1 aliphatic heterocycles. The predicted octanol–water partition coefficient (Wildman–Crippen LogP) is 2.09. The van der Waals surface area contributed by atoms with Crippen LogP contribution in [-0.2, 0) is 14.6 Å². The van der Waals surface area contributed by atoms with Crippen LogP contribution in [-0.4, -0.2) is 27.1 Å². The Morgan fingerprint density at radius 3 is 2.22 bits per heavy atom. The Hall–Kier alpha value is -1.99. The highest BCUT2D eigenvalue weighted by Gasteiger charge is 2.44. The largest absolute Gasteiger partial charge is 0.346 e. The van der Waals surface area contributed by atoms with Gasteiger partial charge in [-0.2, -0.15) is 0 Å². The third-order valence-corrected chi connectivity index (χ3v) is 5.89. The predicted molar refractivity (Wildman–Crippen MR) is 89.1 cm³/mol. The molecule has 0 saturated heterocycles. The van der Waals surface area contributed by atoms with Crippen molar-refractivity contribution in [2.75, 3.05) is 13.7 Å². The Morgan fingerprint density at radius 1 is 1.00 bits per heavy atom. The maximum absolute atomic E-state index is 12.9. The van der Waals surface area contributed by atoms with E-state index in [1.165, 1.54) is 13.2 Å². The molecule has 0 bridgehead atoms. The summed E-state index contributed by atoms with van der Waals surface area (Å²) in [6, 6.07) is 16.6. The van der Waals surface area contributed by atoms with Crippen LogP contribution < -0.4 is 10.9 Å². The van der Waals surface area contributed by atoms with Gasteiger partial charge in [-0.25, -0.2) is 13.8 Å². The first-order valence-corrected chi connectivity index (χ1v) is 8.70. The van der Waals surface area contributed by atoms with E-state index >= 15 is 0 Å². The fourth-order valence-corrected chi connectivity index (χ4v) is 4.05. The molecule has 0 radical (unpaired) electrons. The number of rotatable bonds is 4. The van der Waals surface area contributed by atoms with Crippen molar-refractivity contribution in [2.45, 2.75) is 9.95 Å². The van der Waals surface area contributed by atoms with Crippen LogP contribution in [0.15, 0.2) is 71.6 Å². The Bertz CT molecular complexity index is 801. The zero-order valence-electron chi connectivity index (χ0n) is 12.7. The molecule has 0 aliphatic carbocycles. The third kappa shape index (κ3) is 2.82. The summed E-state index contributed by atoms with van der Waals surface area (Å²) in [5.74, 6) is 0. The van der Waals surface area contributed by atoms with Gasteiger partial charge >= 0.3 is 0 Å². The van der Waals surface area contributed by atoms with Crippen molar-refractivity contribution in [3.8, 4) is 11.1 Å². The standard InChI is InChI=1S/C17H18N2O3S/c1-22-17(12-5-13-18-19-17)23(20,21)16-10-8-15(9-11-16)14-6-3-2-4-7-14/h2-12,18-19H,13H2,1H3. The average molecular weight is 330 g/mol. The van der Waals surface area contributed by atoms with Crippen LogP contribution in [0.3, 0.4) is 0 Å². The van der Waals surface area contributed by atoms with E-state index in [0.29, 0.717) is 6.54 Å². The lowest BCUT2D eigenvalue weighted by Crippen LogP contribution is -2.59. The molecule has 0 amide bonds. The molecule has 1 unspecified atom stereocenters. The van der Waals surface area contributed by atoms with Crippen molar-refractivity contribution < 1.29 is 13.2 Å². The molecule has 1 heterocycles. The quantitative estimate of drug-likeness (QED) is 0.840. The topological polar surface area (TPSA) is 67.4 Å². The van der Waals surface area contributed by atoms with Crippen LogP contribution in [0, 0.1) is 0 Å². The summed E-state index contributed by atoms with van der Waals surface area (Å²) in [6.45, 7) is 0.535. The maximum atomic E-state index is 12.9. The molecule has 2 N–H and O–H groups in total. The molecule has 2 aromatic carbocycles. The molecular formula is C17H18N2O3S. The zero-order chi connectivity index (χ0) is 16.3. The molecule has 1 aliphatic rings. The maximum Gasteiger partial charge on any atom is 0.259 e. The molecule has 3 rings (SSSR count). The molecule has 0 spiro atoms. The molecule has 6 heteroatoms. The summed E-state index contributed by atoms with van der Waals surface area (Å²) >= 11 is 0. The van der Waals surface area contributed by atoms with Crippen molar-refractivity contribution in [1.29, 1.82) is 0 Å². The lowest BCUT2D eigenvalue weighted by Gasteiger charge is -2.32. The number of hydrogen-bond donors (Lipinski definition) is 2. The van der Waals surface area contributed by atoms with Crippen LogP contribution in [0.1, 0.15) is 0 Å². The molecule has 0 fully saturated rings. The Balaban J connectivity index is 1.98. The van der Waals surface area contributed by atoms with E-state index in [-0.39, 0.29) is 4.90 Å². The van der Waals surface area contributed by atoms with Crippen molar-refractivity contribution in [3.63, 3.8) is 0 Å². The van der Waals surface area contributed by atoms with Gasteiger partial charge in [-0.05, 0) is 29.3 Å². The number of hydrogen-bond acceptors (Lipinski definition) is 5. The molecule has 0 aromatic heterocycles. The molecule has 23 heavy (non-hydrogen) atoms. The summed E-state index contributed by atoms with van der Waals surface area (Å²) in [5, 5.41) is -1.60. The normalized spacial score (nSPS) is 21.3. The van der Waals surface area contributed by atoms with Gasteiger partial charge in [-0.15, -0.1) is 0 Å². The van der Waals surface area contributed by atoms with E-state index in [1.54, 1.807) is 30.3 Å². The summed E-state index contributed by atoms with van der Waals surface area (Å²) in [4.78, 5) is 0.194. The first-order chi connectivity index (χ1) is 11.1. The molecule has 0 saturated carbocycles. The van der Waals surface area contributed by atoms with Crippen LogP contribution in [0.4, 0.5) is 0 Å². The SMILES string of the molecule is COC1(S(=O)(=O)c2ccc(-c3ccccc3)cc2)C=CCNN1. The molecule has 2 aromatic rings. The smallest absolute Gasteiger partial charge is 0.259 e. The lowest BCUT2D eigenvalue weighted by atomic mass is 10.1. The number of methoxy groups -OCH3 is 1.